The molecular formula is C28H16F10O3. The summed E-state index contributed by atoms with van der Waals surface area (Å²) in [4.78, 5) is 12.4. The molecule has 0 radical (unpaired) electrons. The second-order valence-corrected chi connectivity index (χ2v) is 8.74. The number of carbonyl (C=O) groups excluding carboxylic acids is 1. The SMILES string of the molecule is CCCc1ccc(C(F)(F)Oc2cc3ccc(C(=O)Oc4cc(F)c(C(F)(F)F)c(F)c4)c(F)c3c(F)c2F)cc1. The minimum absolute atomic E-state index is 0.0180. The first kappa shape index (κ1) is 29.7. The van der Waals surface area contributed by atoms with Crippen LogP contribution in [0.2, 0.25) is 0 Å². The molecule has 0 N–H and O–H groups in total. The zero-order valence-electron chi connectivity index (χ0n) is 20.6. The van der Waals surface area contributed by atoms with Gasteiger partial charge in [0, 0.05) is 12.1 Å². The van der Waals surface area contributed by atoms with Gasteiger partial charge in [0.25, 0.3) is 0 Å². The molecule has 13 heteroatoms. The number of esters is 1. The number of aryl methyl sites for hydroxylation is 1. The van der Waals surface area contributed by atoms with Crippen molar-refractivity contribution in [2.45, 2.75) is 32.1 Å². The average Bonchev–Trinajstić information content (AvgIpc) is 2.86. The second kappa shape index (κ2) is 10.9. The van der Waals surface area contributed by atoms with Gasteiger partial charge < -0.3 is 9.47 Å². The van der Waals surface area contributed by atoms with Crippen LogP contribution in [0.1, 0.15) is 40.4 Å². The minimum Gasteiger partial charge on any atom is -0.426 e. The average molecular weight is 590 g/mol. The van der Waals surface area contributed by atoms with Crippen LogP contribution in [0.25, 0.3) is 10.8 Å². The van der Waals surface area contributed by atoms with Crippen LogP contribution >= 0.6 is 0 Å². The Morgan fingerprint density at radius 2 is 1.39 bits per heavy atom. The van der Waals surface area contributed by atoms with E-state index in [-0.39, 0.29) is 12.1 Å². The van der Waals surface area contributed by atoms with E-state index >= 15 is 4.39 Å². The molecule has 4 aromatic carbocycles. The summed E-state index contributed by atoms with van der Waals surface area (Å²) in [6, 6.07) is 6.99. The molecular weight excluding hydrogens is 574 g/mol. The van der Waals surface area contributed by atoms with Crippen molar-refractivity contribution in [1.29, 1.82) is 0 Å². The van der Waals surface area contributed by atoms with Gasteiger partial charge in [0.05, 0.1) is 16.5 Å². The fourth-order valence-electron chi connectivity index (χ4n) is 3.98. The van der Waals surface area contributed by atoms with Crippen molar-refractivity contribution in [1.82, 2.24) is 0 Å². The number of fused-ring (bicyclic) bond motifs is 1. The summed E-state index contributed by atoms with van der Waals surface area (Å²) in [5, 5.41) is -1.70. The molecule has 4 aromatic rings. The fourth-order valence-corrected chi connectivity index (χ4v) is 3.98. The highest BCUT2D eigenvalue weighted by molar-refractivity contribution is 5.97. The highest BCUT2D eigenvalue weighted by Crippen LogP contribution is 2.38. The van der Waals surface area contributed by atoms with Crippen molar-refractivity contribution >= 4 is 16.7 Å². The van der Waals surface area contributed by atoms with E-state index in [1.165, 1.54) is 12.1 Å². The summed E-state index contributed by atoms with van der Waals surface area (Å²) in [7, 11) is 0. The van der Waals surface area contributed by atoms with Crippen LogP contribution in [0, 0.1) is 29.1 Å². The van der Waals surface area contributed by atoms with Crippen molar-refractivity contribution in [2.24, 2.45) is 0 Å². The molecule has 0 saturated heterocycles. The molecule has 0 aliphatic rings. The Morgan fingerprint density at radius 3 is 1.95 bits per heavy atom. The van der Waals surface area contributed by atoms with E-state index in [0.717, 1.165) is 30.2 Å². The third-order valence-electron chi connectivity index (χ3n) is 5.89. The first-order valence-electron chi connectivity index (χ1n) is 11.7. The molecule has 0 heterocycles. The third kappa shape index (κ3) is 5.93. The minimum atomic E-state index is -5.41. The highest BCUT2D eigenvalue weighted by atomic mass is 19.4. The predicted octanol–water partition coefficient (Wildman–Crippen LogP) is 8.85. The van der Waals surface area contributed by atoms with Gasteiger partial charge in [-0.3, -0.25) is 0 Å². The zero-order chi connectivity index (χ0) is 30.3. The lowest BCUT2D eigenvalue weighted by molar-refractivity contribution is -0.187. The van der Waals surface area contributed by atoms with Gasteiger partial charge in [-0.1, -0.05) is 31.5 Å². The lowest BCUT2D eigenvalue weighted by Gasteiger charge is -2.20. The van der Waals surface area contributed by atoms with Gasteiger partial charge in [0.15, 0.2) is 11.6 Å². The molecule has 41 heavy (non-hydrogen) atoms. The van der Waals surface area contributed by atoms with E-state index in [2.05, 4.69) is 9.47 Å². The Kier molecular flexibility index (Phi) is 7.92. The number of carbonyl (C=O) groups is 1. The van der Waals surface area contributed by atoms with Crippen LogP contribution < -0.4 is 9.47 Å². The summed E-state index contributed by atoms with van der Waals surface area (Å²) in [6.45, 7) is 1.89. The van der Waals surface area contributed by atoms with Crippen LogP contribution in [0.15, 0.2) is 54.6 Å². The maximum atomic E-state index is 15.1. The number of ether oxygens (including phenoxy) is 2. The molecule has 3 nitrogen and oxygen atoms in total. The molecule has 0 atom stereocenters. The maximum Gasteiger partial charge on any atom is 0.426 e. The zero-order valence-corrected chi connectivity index (χ0v) is 20.6. The van der Waals surface area contributed by atoms with Gasteiger partial charge in [-0.25, -0.2) is 22.4 Å². The number of halogens is 10. The van der Waals surface area contributed by atoms with Gasteiger partial charge in [0.1, 0.15) is 28.8 Å². The molecule has 0 aliphatic heterocycles. The Labute approximate surface area is 224 Å². The number of hydrogen-bond acceptors (Lipinski definition) is 3. The van der Waals surface area contributed by atoms with Crippen molar-refractivity contribution in [3.63, 3.8) is 0 Å². The monoisotopic (exact) mass is 590 g/mol. The van der Waals surface area contributed by atoms with Gasteiger partial charge >= 0.3 is 18.3 Å². The van der Waals surface area contributed by atoms with Gasteiger partial charge in [-0.2, -0.15) is 26.3 Å². The Balaban J connectivity index is 1.65. The van der Waals surface area contributed by atoms with Crippen LogP contribution in [-0.4, -0.2) is 5.97 Å². The largest absolute Gasteiger partial charge is 0.426 e. The van der Waals surface area contributed by atoms with E-state index in [0.29, 0.717) is 18.6 Å². The lowest BCUT2D eigenvalue weighted by Crippen LogP contribution is -2.22. The van der Waals surface area contributed by atoms with Crippen LogP contribution in [0.5, 0.6) is 11.5 Å². The van der Waals surface area contributed by atoms with E-state index in [4.69, 9.17) is 0 Å². The molecule has 4 rings (SSSR count). The van der Waals surface area contributed by atoms with E-state index < -0.39 is 86.3 Å². The first-order valence-corrected chi connectivity index (χ1v) is 11.7. The summed E-state index contributed by atoms with van der Waals surface area (Å²) in [5.41, 5.74) is -3.28. The molecule has 0 spiro atoms. The third-order valence-corrected chi connectivity index (χ3v) is 5.89. The molecule has 0 unspecified atom stereocenters. The van der Waals surface area contributed by atoms with Gasteiger partial charge in [-0.15, -0.1) is 0 Å². The number of benzene rings is 4. The molecule has 0 fully saturated rings. The Morgan fingerprint density at radius 1 is 0.780 bits per heavy atom. The van der Waals surface area contributed by atoms with Crippen LogP contribution in [-0.2, 0) is 18.7 Å². The molecule has 0 amide bonds. The smallest absolute Gasteiger partial charge is 0.426 e. The molecule has 0 aliphatic carbocycles. The van der Waals surface area contributed by atoms with E-state index in [1.54, 1.807) is 0 Å². The summed E-state index contributed by atoms with van der Waals surface area (Å²) < 4.78 is 149. The van der Waals surface area contributed by atoms with Gasteiger partial charge in [-0.05, 0) is 41.6 Å². The Bertz CT molecular complexity index is 1610. The number of rotatable bonds is 7. The normalized spacial score (nSPS) is 12.1. The van der Waals surface area contributed by atoms with Crippen molar-refractivity contribution < 1.29 is 58.2 Å². The van der Waals surface area contributed by atoms with Gasteiger partial charge in [0.2, 0.25) is 5.82 Å². The van der Waals surface area contributed by atoms with Crippen molar-refractivity contribution in [3.8, 4) is 11.5 Å². The topological polar surface area (TPSA) is 35.5 Å². The standard InChI is InChI=1S/C28H16F10O3/c1-2-3-13-4-7-15(8-5-13)28(37,38)41-20-10-14-6-9-17(23(31)21(14)25(33)24(20)32)26(39)40-16-11-18(29)22(19(30)12-16)27(34,35)36/h4-12H,2-3H2,1H3. The maximum absolute atomic E-state index is 15.1. The Hall–Kier alpha value is -4.29. The van der Waals surface area contributed by atoms with Crippen molar-refractivity contribution in [3.05, 3.63) is 106 Å². The summed E-state index contributed by atoms with van der Waals surface area (Å²) in [6.07, 6.45) is -8.15. The summed E-state index contributed by atoms with van der Waals surface area (Å²) in [5.74, 6) is -14.1. The van der Waals surface area contributed by atoms with Crippen molar-refractivity contribution in [2.75, 3.05) is 0 Å². The quantitative estimate of drug-likeness (QED) is 0.123. The second-order valence-electron chi connectivity index (χ2n) is 8.74. The summed E-state index contributed by atoms with van der Waals surface area (Å²) >= 11 is 0. The van der Waals surface area contributed by atoms with Crippen LogP contribution in [0.3, 0.4) is 0 Å². The lowest BCUT2D eigenvalue weighted by atomic mass is 10.0. The molecule has 0 saturated carbocycles. The molecule has 0 bridgehead atoms. The molecule has 0 aromatic heterocycles. The number of alkyl halides is 5. The van der Waals surface area contributed by atoms with E-state index in [9.17, 15) is 44.3 Å². The first-order chi connectivity index (χ1) is 19.1. The fraction of sp³-hybridized carbons (Fsp3) is 0.179. The highest BCUT2D eigenvalue weighted by Gasteiger charge is 2.39. The molecule has 216 valence electrons. The number of hydrogen-bond donors (Lipinski definition) is 0. The van der Waals surface area contributed by atoms with E-state index in [1.807, 2.05) is 6.92 Å². The predicted molar refractivity (Wildman–Crippen MR) is 125 cm³/mol. The van der Waals surface area contributed by atoms with Crippen LogP contribution in [0.4, 0.5) is 43.9 Å².